The van der Waals surface area contributed by atoms with Gasteiger partial charge in [0.1, 0.15) is 6.04 Å². The van der Waals surface area contributed by atoms with Gasteiger partial charge in [0.25, 0.3) is 0 Å². The number of ether oxygens (including phenoxy) is 1. The number of hydrogen-bond acceptors (Lipinski definition) is 3. The van der Waals surface area contributed by atoms with E-state index in [4.69, 9.17) is 4.74 Å². The molecule has 19 heavy (non-hydrogen) atoms. The molecule has 0 unspecified atom stereocenters. The van der Waals surface area contributed by atoms with Gasteiger partial charge in [0.05, 0.1) is 7.11 Å². The fraction of sp³-hybridized carbons (Fsp3) is 0.562. The van der Waals surface area contributed by atoms with Crippen molar-refractivity contribution in [1.29, 1.82) is 0 Å². The van der Waals surface area contributed by atoms with Gasteiger partial charge in [-0.15, -0.1) is 0 Å². The lowest BCUT2D eigenvalue weighted by molar-refractivity contribution is -0.143. The van der Waals surface area contributed by atoms with E-state index in [9.17, 15) is 4.79 Å². The second-order valence-corrected chi connectivity index (χ2v) is 5.40. The monoisotopic (exact) mass is 263 g/mol. The van der Waals surface area contributed by atoms with Gasteiger partial charge in [-0.25, -0.2) is 4.79 Å². The quantitative estimate of drug-likeness (QED) is 0.828. The second kappa shape index (κ2) is 6.71. The average molecular weight is 263 g/mol. The Balaban J connectivity index is 3.46. The van der Waals surface area contributed by atoms with Crippen molar-refractivity contribution < 1.29 is 9.53 Å². The molecule has 1 aromatic carbocycles. The Hall–Kier alpha value is -1.35. The first-order valence-corrected chi connectivity index (χ1v) is 6.81. The van der Waals surface area contributed by atoms with E-state index in [2.05, 4.69) is 51.2 Å². The zero-order chi connectivity index (χ0) is 14.6. The molecule has 1 atom stereocenters. The highest BCUT2D eigenvalue weighted by molar-refractivity contribution is 5.79. The summed E-state index contributed by atoms with van der Waals surface area (Å²) < 4.78 is 4.93. The van der Waals surface area contributed by atoms with E-state index >= 15 is 0 Å². The van der Waals surface area contributed by atoms with E-state index in [1.165, 1.54) is 18.2 Å². The van der Waals surface area contributed by atoms with Gasteiger partial charge in [-0.2, -0.15) is 0 Å². The Kier molecular flexibility index (Phi) is 5.55. The van der Waals surface area contributed by atoms with Crippen molar-refractivity contribution in [2.24, 2.45) is 0 Å². The van der Waals surface area contributed by atoms with E-state index < -0.39 is 6.04 Å². The number of hydrogen-bond donors (Lipinski definition) is 1. The van der Waals surface area contributed by atoms with Crippen molar-refractivity contribution >= 4 is 5.97 Å². The SMILES string of the molecule is CN[C@H](C(=O)OC)c1c(C(C)C)cccc1C(C)C. The van der Waals surface area contributed by atoms with Crippen LogP contribution in [0.15, 0.2) is 18.2 Å². The molecule has 0 heterocycles. The number of esters is 1. The molecule has 0 radical (unpaired) electrons. The molecule has 106 valence electrons. The van der Waals surface area contributed by atoms with Gasteiger partial charge in [0.2, 0.25) is 0 Å². The number of nitrogens with one attached hydrogen (secondary N) is 1. The van der Waals surface area contributed by atoms with E-state index in [-0.39, 0.29) is 5.97 Å². The minimum atomic E-state index is -0.402. The lowest BCUT2D eigenvalue weighted by Crippen LogP contribution is -2.29. The predicted molar refractivity (Wildman–Crippen MR) is 78.4 cm³/mol. The zero-order valence-electron chi connectivity index (χ0n) is 12.8. The Morgan fingerprint density at radius 1 is 1.11 bits per heavy atom. The summed E-state index contributed by atoms with van der Waals surface area (Å²) in [5.74, 6) is 0.501. The van der Waals surface area contributed by atoms with Crippen LogP contribution < -0.4 is 5.32 Å². The summed E-state index contributed by atoms with van der Waals surface area (Å²) in [5.41, 5.74) is 3.48. The van der Waals surface area contributed by atoms with Crippen LogP contribution in [0.1, 0.15) is 62.3 Å². The molecule has 0 aromatic heterocycles. The van der Waals surface area contributed by atoms with E-state index in [0.717, 1.165) is 5.56 Å². The fourth-order valence-electron chi connectivity index (χ4n) is 2.44. The smallest absolute Gasteiger partial charge is 0.327 e. The van der Waals surface area contributed by atoms with Crippen LogP contribution in [0.3, 0.4) is 0 Å². The standard InChI is InChI=1S/C16H25NO2/c1-10(2)12-8-7-9-13(11(3)4)14(12)15(17-5)16(18)19-6/h7-11,15,17H,1-6H3/t15-/m0/s1. The van der Waals surface area contributed by atoms with Crippen LogP contribution in [0.2, 0.25) is 0 Å². The second-order valence-electron chi connectivity index (χ2n) is 5.40. The van der Waals surface area contributed by atoms with Gasteiger partial charge in [0.15, 0.2) is 0 Å². The lowest BCUT2D eigenvalue weighted by Gasteiger charge is -2.25. The van der Waals surface area contributed by atoms with Crippen molar-refractivity contribution in [3.05, 3.63) is 34.9 Å². The number of methoxy groups -OCH3 is 1. The molecule has 0 fully saturated rings. The van der Waals surface area contributed by atoms with Crippen LogP contribution in [0, 0.1) is 0 Å². The van der Waals surface area contributed by atoms with Gasteiger partial charge in [-0.05, 0) is 35.6 Å². The Bertz CT molecular complexity index is 412. The molecule has 1 aromatic rings. The molecule has 3 heteroatoms. The number of carbonyl (C=O) groups excluding carboxylic acids is 1. The molecular formula is C16H25NO2. The van der Waals surface area contributed by atoms with Crippen LogP contribution >= 0.6 is 0 Å². The summed E-state index contributed by atoms with van der Waals surface area (Å²) in [6.07, 6.45) is 0. The van der Waals surface area contributed by atoms with E-state index in [1.807, 2.05) is 0 Å². The summed E-state index contributed by atoms with van der Waals surface area (Å²) in [6.45, 7) is 8.58. The van der Waals surface area contributed by atoms with E-state index in [1.54, 1.807) is 7.05 Å². The molecule has 0 bridgehead atoms. The topological polar surface area (TPSA) is 38.3 Å². The molecule has 0 saturated heterocycles. The highest BCUT2D eigenvalue weighted by Crippen LogP contribution is 2.32. The van der Waals surface area contributed by atoms with Crippen molar-refractivity contribution in [2.75, 3.05) is 14.2 Å². The Labute approximate surface area is 116 Å². The van der Waals surface area contributed by atoms with Crippen molar-refractivity contribution in [1.82, 2.24) is 5.32 Å². The fourth-order valence-corrected chi connectivity index (χ4v) is 2.44. The Morgan fingerprint density at radius 2 is 1.58 bits per heavy atom. The van der Waals surface area contributed by atoms with Gasteiger partial charge >= 0.3 is 5.97 Å². The van der Waals surface area contributed by atoms with Crippen LogP contribution in [0.25, 0.3) is 0 Å². The summed E-state index contributed by atoms with van der Waals surface area (Å²) >= 11 is 0. The largest absolute Gasteiger partial charge is 0.468 e. The number of likely N-dealkylation sites (N-methyl/N-ethyl adjacent to an activating group) is 1. The van der Waals surface area contributed by atoms with Gasteiger partial charge in [0, 0.05) is 0 Å². The number of benzene rings is 1. The molecule has 0 amide bonds. The molecular weight excluding hydrogens is 238 g/mol. The third kappa shape index (κ3) is 3.35. The first-order chi connectivity index (χ1) is 8.93. The minimum Gasteiger partial charge on any atom is -0.468 e. The molecule has 3 nitrogen and oxygen atoms in total. The first-order valence-electron chi connectivity index (χ1n) is 6.81. The molecule has 0 spiro atoms. The summed E-state index contributed by atoms with van der Waals surface area (Å²) in [5, 5.41) is 3.09. The number of rotatable bonds is 5. The average Bonchev–Trinajstić information content (AvgIpc) is 2.38. The van der Waals surface area contributed by atoms with Gasteiger partial charge < -0.3 is 10.1 Å². The lowest BCUT2D eigenvalue weighted by atomic mass is 9.85. The highest BCUT2D eigenvalue weighted by Gasteiger charge is 2.26. The molecule has 0 saturated carbocycles. The third-order valence-electron chi connectivity index (χ3n) is 3.43. The molecule has 0 aliphatic rings. The van der Waals surface area contributed by atoms with Gasteiger partial charge in [-0.3, -0.25) is 0 Å². The molecule has 1 rings (SSSR count). The zero-order valence-corrected chi connectivity index (χ0v) is 12.8. The molecule has 0 aliphatic heterocycles. The maximum atomic E-state index is 12.0. The predicted octanol–water partition coefficient (Wildman–Crippen LogP) is 3.37. The maximum absolute atomic E-state index is 12.0. The summed E-state index contributed by atoms with van der Waals surface area (Å²) in [4.78, 5) is 12.0. The van der Waals surface area contributed by atoms with Crippen molar-refractivity contribution in [3.63, 3.8) is 0 Å². The van der Waals surface area contributed by atoms with Crippen LogP contribution in [-0.4, -0.2) is 20.1 Å². The first kappa shape index (κ1) is 15.7. The van der Waals surface area contributed by atoms with Crippen molar-refractivity contribution in [2.45, 2.75) is 45.6 Å². The van der Waals surface area contributed by atoms with Crippen LogP contribution in [0.5, 0.6) is 0 Å². The Morgan fingerprint density at radius 3 is 1.89 bits per heavy atom. The molecule has 0 aliphatic carbocycles. The van der Waals surface area contributed by atoms with E-state index in [0.29, 0.717) is 11.8 Å². The van der Waals surface area contributed by atoms with Crippen LogP contribution in [0.4, 0.5) is 0 Å². The van der Waals surface area contributed by atoms with Gasteiger partial charge in [-0.1, -0.05) is 45.9 Å². The maximum Gasteiger partial charge on any atom is 0.327 e. The van der Waals surface area contributed by atoms with Crippen LogP contribution in [-0.2, 0) is 9.53 Å². The molecule has 1 N–H and O–H groups in total. The third-order valence-corrected chi connectivity index (χ3v) is 3.43. The summed E-state index contributed by atoms with van der Waals surface area (Å²) in [7, 11) is 3.22. The summed E-state index contributed by atoms with van der Waals surface area (Å²) in [6, 6.07) is 5.86. The van der Waals surface area contributed by atoms with Crippen molar-refractivity contribution in [3.8, 4) is 0 Å². The number of carbonyl (C=O) groups is 1. The minimum absolute atomic E-state index is 0.238. The highest BCUT2D eigenvalue weighted by atomic mass is 16.5. The normalized spacial score (nSPS) is 12.8.